The summed E-state index contributed by atoms with van der Waals surface area (Å²) in [6.45, 7) is 1.01. The van der Waals surface area contributed by atoms with Crippen molar-refractivity contribution >= 4 is 0 Å². The van der Waals surface area contributed by atoms with Crippen molar-refractivity contribution in [1.82, 2.24) is 5.32 Å². The molecule has 1 fully saturated rings. The SMILES string of the molecule is OC(CNC1CC1)COc1ccc2c(c1)CCC2. The van der Waals surface area contributed by atoms with Gasteiger partial charge in [0.2, 0.25) is 0 Å². The van der Waals surface area contributed by atoms with Crippen LogP contribution in [0.4, 0.5) is 0 Å². The Morgan fingerprint density at radius 1 is 1.28 bits per heavy atom. The second-order valence-corrected chi connectivity index (χ2v) is 5.43. The van der Waals surface area contributed by atoms with Crippen LogP contribution in [0.25, 0.3) is 0 Å². The lowest BCUT2D eigenvalue weighted by molar-refractivity contribution is 0.106. The molecule has 0 bridgehead atoms. The first-order chi connectivity index (χ1) is 8.81. The molecule has 0 spiro atoms. The maximum Gasteiger partial charge on any atom is 0.119 e. The standard InChI is InChI=1S/C15H21NO2/c17-14(9-16-13-5-6-13)10-18-15-7-4-11-2-1-3-12(11)8-15/h4,7-8,13-14,16-17H,1-3,5-6,9-10H2. The van der Waals surface area contributed by atoms with Crippen LogP contribution in [0.3, 0.4) is 0 Å². The van der Waals surface area contributed by atoms with Gasteiger partial charge in [0.1, 0.15) is 18.5 Å². The number of benzene rings is 1. The molecule has 2 aliphatic carbocycles. The zero-order valence-corrected chi connectivity index (χ0v) is 10.7. The normalized spacial score (nSPS) is 19.6. The van der Waals surface area contributed by atoms with Gasteiger partial charge in [0.15, 0.2) is 0 Å². The lowest BCUT2D eigenvalue weighted by Crippen LogP contribution is -2.32. The second-order valence-electron chi connectivity index (χ2n) is 5.43. The topological polar surface area (TPSA) is 41.5 Å². The van der Waals surface area contributed by atoms with Gasteiger partial charge in [-0.15, -0.1) is 0 Å². The Balaban J connectivity index is 1.46. The molecule has 3 rings (SSSR count). The molecule has 1 atom stereocenters. The Kier molecular flexibility index (Phi) is 3.52. The monoisotopic (exact) mass is 247 g/mol. The molecule has 0 amide bonds. The van der Waals surface area contributed by atoms with Gasteiger partial charge in [0.05, 0.1) is 0 Å². The summed E-state index contributed by atoms with van der Waals surface area (Å²) in [6.07, 6.45) is 5.70. The Labute approximate surface area is 108 Å². The summed E-state index contributed by atoms with van der Waals surface area (Å²) >= 11 is 0. The van der Waals surface area contributed by atoms with E-state index in [1.54, 1.807) is 0 Å². The molecule has 1 aromatic rings. The number of hydrogen-bond donors (Lipinski definition) is 2. The lowest BCUT2D eigenvalue weighted by Gasteiger charge is -2.13. The quantitative estimate of drug-likeness (QED) is 0.803. The molecule has 0 saturated heterocycles. The fourth-order valence-corrected chi connectivity index (χ4v) is 2.48. The molecule has 0 aromatic heterocycles. The van der Waals surface area contributed by atoms with Crippen molar-refractivity contribution in [3.63, 3.8) is 0 Å². The summed E-state index contributed by atoms with van der Waals surface area (Å²) in [7, 11) is 0. The van der Waals surface area contributed by atoms with Crippen LogP contribution in [0.15, 0.2) is 18.2 Å². The smallest absolute Gasteiger partial charge is 0.119 e. The molecule has 2 aliphatic rings. The van der Waals surface area contributed by atoms with Crippen molar-refractivity contribution in [3.8, 4) is 5.75 Å². The molecular weight excluding hydrogens is 226 g/mol. The van der Waals surface area contributed by atoms with Gasteiger partial charge in [-0.05, 0) is 55.4 Å². The number of aliphatic hydroxyl groups excluding tert-OH is 1. The Bertz CT molecular complexity index is 415. The first kappa shape index (κ1) is 12.0. The number of ether oxygens (including phenoxy) is 1. The van der Waals surface area contributed by atoms with E-state index in [1.165, 1.54) is 43.2 Å². The van der Waals surface area contributed by atoms with E-state index in [0.717, 1.165) is 5.75 Å². The summed E-state index contributed by atoms with van der Waals surface area (Å²) in [5.74, 6) is 0.890. The minimum absolute atomic E-state index is 0.374. The fourth-order valence-electron chi connectivity index (χ4n) is 2.48. The van der Waals surface area contributed by atoms with Crippen molar-refractivity contribution in [3.05, 3.63) is 29.3 Å². The maximum atomic E-state index is 9.79. The molecule has 0 heterocycles. The first-order valence-electron chi connectivity index (χ1n) is 6.97. The summed E-state index contributed by atoms with van der Waals surface area (Å²) in [5.41, 5.74) is 2.87. The summed E-state index contributed by atoms with van der Waals surface area (Å²) in [6, 6.07) is 6.95. The second kappa shape index (κ2) is 5.29. The van der Waals surface area contributed by atoms with Gasteiger partial charge in [-0.1, -0.05) is 6.07 Å². The number of fused-ring (bicyclic) bond motifs is 1. The third kappa shape index (κ3) is 3.03. The molecule has 3 nitrogen and oxygen atoms in total. The predicted octanol–water partition coefficient (Wildman–Crippen LogP) is 1.67. The minimum Gasteiger partial charge on any atom is -0.491 e. The van der Waals surface area contributed by atoms with Gasteiger partial charge >= 0.3 is 0 Å². The molecule has 0 aliphatic heterocycles. The van der Waals surface area contributed by atoms with Gasteiger partial charge in [-0.3, -0.25) is 0 Å². The van der Waals surface area contributed by atoms with Crippen molar-refractivity contribution in [2.24, 2.45) is 0 Å². The average molecular weight is 247 g/mol. The van der Waals surface area contributed by atoms with E-state index in [9.17, 15) is 5.11 Å². The first-order valence-corrected chi connectivity index (χ1v) is 6.97. The van der Waals surface area contributed by atoms with Crippen molar-refractivity contribution in [2.75, 3.05) is 13.2 Å². The van der Waals surface area contributed by atoms with Crippen LogP contribution in [-0.2, 0) is 12.8 Å². The molecular formula is C15H21NO2. The van der Waals surface area contributed by atoms with Crippen LogP contribution in [0.5, 0.6) is 5.75 Å². The summed E-state index contributed by atoms with van der Waals surface area (Å²) < 4.78 is 5.66. The van der Waals surface area contributed by atoms with E-state index >= 15 is 0 Å². The molecule has 18 heavy (non-hydrogen) atoms. The van der Waals surface area contributed by atoms with Crippen molar-refractivity contribution in [1.29, 1.82) is 0 Å². The van der Waals surface area contributed by atoms with Crippen LogP contribution < -0.4 is 10.1 Å². The number of hydrogen-bond acceptors (Lipinski definition) is 3. The highest BCUT2D eigenvalue weighted by molar-refractivity contribution is 5.38. The largest absolute Gasteiger partial charge is 0.491 e. The molecule has 1 aromatic carbocycles. The highest BCUT2D eigenvalue weighted by Crippen LogP contribution is 2.26. The van der Waals surface area contributed by atoms with Crippen molar-refractivity contribution in [2.45, 2.75) is 44.2 Å². The van der Waals surface area contributed by atoms with Crippen LogP contribution in [0.1, 0.15) is 30.4 Å². The fraction of sp³-hybridized carbons (Fsp3) is 0.600. The van der Waals surface area contributed by atoms with Crippen molar-refractivity contribution < 1.29 is 9.84 Å². The molecule has 0 radical (unpaired) electrons. The molecule has 1 unspecified atom stereocenters. The van der Waals surface area contributed by atoms with Crippen LogP contribution in [-0.4, -0.2) is 30.4 Å². The average Bonchev–Trinajstić information content (AvgIpc) is 3.10. The minimum atomic E-state index is -0.418. The third-order valence-electron chi connectivity index (χ3n) is 3.73. The molecule has 3 heteroatoms. The van der Waals surface area contributed by atoms with E-state index in [2.05, 4.69) is 17.4 Å². The Hall–Kier alpha value is -1.06. The van der Waals surface area contributed by atoms with E-state index < -0.39 is 6.10 Å². The summed E-state index contributed by atoms with van der Waals surface area (Å²) in [5, 5.41) is 13.1. The zero-order chi connectivity index (χ0) is 12.4. The van der Waals surface area contributed by atoms with Crippen LogP contribution in [0, 0.1) is 0 Å². The number of aryl methyl sites for hydroxylation is 2. The maximum absolute atomic E-state index is 9.79. The van der Waals surface area contributed by atoms with E-state index in [0.29, 0.717) is 19.2 Å². The van der Waals surface area contributed by atoms with Gasteiger partial charge in [0, 0.05) is 12.6 Å². The van der Waals surface area contributed by atoms with E-state index in [-0.39, 0.29) is 0 Å². The van der Waals surface area contributed by atoms with E-state index in [1.807, 2.05) is 6.07 Å². The number of aliphatic hydroxyl groups is 1. The Morgan fingerprint density at radius 3 is 2.94 bits per heavy atom. The Morgan fingerprint density at radius 2 is 2.11 bits per heavy atom. The lowest BCUT2D eigenvalue weighted by atomic mass is 10.1. The number of rotatable bonds is 6. The summed E-state index contributed by atoms with van der Waals surface area (Å²) in [4.78, 5) is 0. The van der Waals surface area contributed by atoms with E-state index in [4.69, 9.17) is 4.74 Å². The van der Waals surface area contributed by atoms with Gasteiger partial charge in [-0.2, -0.15) is 0 Å². The predicted molar refractivity (Wildman–Crippen MR) is 71.0 cm³/mol. The zero-order valence-electron chi connectivity index (χ0n) is 10.7. The molecule has 1 saturated carbocycles. The highest BCUT2D eigenvalue weighted by atomic mass is 16.5. The van der Waals surface area contributed by atoms with Gasteiger partial charge in [-0.25, -0.2) is 0 Å². The molecule has 2 N–H and O–H groups in total. The van der Waals surface area contributed by atoms with Crippen LogP contribution >= 0.6 is 0 Å². The molecule has 98 valence electrons. The van der Waals surface area contributed by atoms with Gasteiger partial charge < -0.3 is 15.2 Å². The van der Waals surface area contributed by atoms with Crippen LogP contribution in [0.2, 0.25) is 0 Å². The highest BCUT2D eigenvalue weighted by Gasteiger charge is 2.21. The van der Waals surface area contributed by atoms with Gasteiger partial charge in [0.25, 0.3) is 0 Å². The third-order valence-corrected chi connectivity index (χ3v) is 3.73. The number of nitrogens with one attached hydrogen (secondary N) is 1.